The summed E-state index contributed by atoms with van der Waals surface area (Å²) in [5.74, 6) is 1.71. The van der Waals surface area contributed by atoms with Crippen molar-refractivity contribution in [3.05, 3.63) is 54.1 Å². The number of para-hydroxylation sites is 1. The number of carbonyl (C=O) groups excluding carboxylic acids is 1. The molecular formula is C21H25NO4. The lowest BCUT2D eigenvalue weighted by atomic mass is 10.2. The molecule has 1 amide bonds. The number of hydrogen-bond donors (Lipinski definition) is 1. The molecule has 5 nitrogen and oxygen atoms in total. The number of unbranched alkanes of at least 4 members (excludes halogenated alkanes) is 1. The van der Waals surface area contributed by atoms with Crippen LogP contribution in [-0.2, 0) is 4.79 Å². The summed E-state index contributed by atoms with van der Waals surface area (Å²) in [6.07, 6.45) is 5.29. The van der Waals surface area contributed by atoms with Crippen molar-refractivity contribution in [3.63, 3.8) is 0 Å². The zero-order chi connectivity index (χ0) is 18.8. The Balaban J connectivity index is 2.06. The van der Waals surface area contributed by atoms with Gasteiger partial charge in [0.05, 0.1) is 26.5 Å². The highest BCUT2D eigenvalue weighted by Gasteiger charge is 2.07. The highest BCUT2D eigenvalue weighted by molar-refractivity contribution is 6.03. The van der Waals surface area contributed by atoms with E-state index in [9.17, 15) is 4.79 Å². The molecule has 5 heteroatoms. The predicted molar refractivity (Wildman–Crippen MR) is 104 cm³/mol. The standard InChI is InChI=1S/C21H25NO4/c1-4-5-14-26-19-9-7-6-8-16(19)10-13-21(23)22-18-12-11-17(24-2)15-20(18)25-3/h6-13,15H,4-5,14H2,1-3H3,(H,22,23)/b13-10+. The lowest BCUT2D eigenvalue weighted by molar-refractivity contribution is -0.111. The number of rotatable bonds is 9. The highest BCUT2D eigenvalue weighted by atomic mass is 16.5. The minimum absolute atomic E-state index is 0.253. The fraction of sp³-hybridized carbons (Fsp3) is 0.286. The molecule has 2 rings (SSSR count). The summed E-state index contributed by atoms with van der Waals surface area (Å²) in [5.41, 5.74) is 1.44. The number of methoxy groups -OCH3 is 2. The molecule has 0 heterocycles. The summed E-state index contributed by atoms with van der Waals surface area (Å²) in [6, 6.07) is 12.9. The van der Waals surface area contributed by atoms with Crippen molar-refractivity contribution in [1.82, 2.24) is 0 Å². The molecule has 1 N–H and O–H groups in total. The summed E-state index contributed by atoms with van der Waals surface area (Å²) in [5, 5.41) is 2.81. The molecule has 0 aliphatic heterocycles. The van der Waals surface area contributed by atoms with Gasteiger partial charge in [-0.2, -0.15) is 0 Å². The van der Waals surface area contributed by atoms with E-state index in [0.717, 1.165) is 24.2 Å². The number of ether oxygens (including phenoxy) is 3. The second kappa shape index (κ2) is 10.1. The van der Waals surface area contributed by atoms with Crippen LogP contribution in [0.4, 0.5) is 5.69 Å². The molecule has 0 aliphatic carbocycles. The van der Waals surface area contributed by atoms with Crippen molar-refractivity contribution in [3.8, 4) is 17.2 Å². The van der Waals surface area contributed by atoms with E-state index in [1.165, 1.54) is 6.08 Å². The van der Waals surface area contributed by atoms with E-state index < -0.39 is 0 Å². The summed E-state index contributed by atoms with van der Waals surface area (Å²) in [7, 11) is 3.12. The van der Waals surface area contributed by atoms with Gasteiger partial charge in [0.25, 0.3) is 0 Å². The average molecular weight is 355 g/mol. The molecule has 0 radical (unpaired) electrons. The first-order valence-corrected chi connectivity index (χ1v) is 8.60. The minimum atomic E-state index is -0.253. The van der Waals surface area contributed by atoms with Crippen molar-refractivity contribution >= 4 is 17.7 Å². The van der Waals surface area contributed by atoms with Gasteiger partial charge in [-0.1, -0.05) is 31.5 Å². The highest BCUT2D eigenvalue weighted by Crippen LogP contribution is 2.29. The first kappa shape index (κ1) is 19.4. The molecule has 0 saturated carbocycles. The molecule has 0 saturated heterocycles. The Morgan fingerprint density at radius 1 is 1.08 bits per heavy atom. The van der Waals surface area contributed by atoms with Gasteiger partial charge in [-0.25, -0.2) is 0 Å². The molecule has 2 aromatic carbocycles. The summed E-state index contributed by atoms with van der Waals surface area (Å²) < 4.78 is 16.2. The van der Waals surface area contributed by atoms with Gasteiger partial charge < -0.3 is 19.5 Å². The number of nitrogens with one attached hydrogen (secondary N) is 1. The number of carbonyl (C=O) groups is 1. The monoisotopic (exact) mass is 355 g/mol. The van der Waals surface area contributed by atoms with E-state index in [1.54, 1.807) is 38.5 Å². The Bertz CT molecular complexity index is 755. The molecule has 0 fully saturated rings. The van der Waals surface area contributed by atoms with E-state index in [-0.39, 0.29) is 5.91 Å². The molecule has 0 unspecified atom stereocenters. The van der Waals surface area contributed by atoms with Crippen LogP contribution in [0.25, 0.3) is 6.08 Å². The number of benzene rings is 2. The third-order valence-corrected chi connectivity index (χ3v) is 3.76. The maximum atomic E-state index is 12.3. The fourth-order valence-electron chi connectivity index (χ4n) is 2.32. The quantitative estimate of drug-likeness (QED) is 0.530. The van der Waals surface area contributed by atoms with Crippen molar-refractivity contribution < 1.29 is 19.0 Å². The molecule has 0 aliphatic rings. The lowest BCUT2D eigenvalue weighted by Crippen LogP contribution is -2.09. The van der Waals surface area contributed by atoms with E-state index in [1.807, 2.05) is 24.3 Å². The van der Waals surface area contributed by atoms with Crippen molar-refractivity contribution in [2.75, 3.05) is 26.1 Å². The van der Waals surface area contributed by atoms with Gasteiger partial charge in [0.15, 0.2) is 0 Å². The molecular weight excluding hydrogens is 330 g/mol. The van der Waals surface area contributed by atoms with Gasteiger partial charge >= 0.3 is 0 Å². The molecule has 26 heavy (non-hydrogen) atoms. The largest absolute Gasteiger partial charge is 0.497 e. The van der Waals surface area contributed by atoms with Gasteiger partial charge in [0.1, 0.15) is 17.2 Å². The van der Waals surface area contributed by atoms with Gasteiger partial charge in [0.2, 0.25) is 5.91 Å². The second-order valence-corrected chi connectivity index (χ2v) is 5.63. The summed E-state index contributed by atoms with van der Waals surface area (Å²) in [4.78, 5) is 12.3. The molecule has 2 aromatic rings. The zero-order valence-corrected chi connectivity index (χ0v) is 15.5. The third-order valence-electron chi connectivity index (χ3n) is 3.76. The van der Waals surface area contributed by atoms with E-state index in [2.05, 4.69) is 12.2 Å². The van der Waals surface area contributed by atoms with Gasteiger partial charge in [-0.05, 0) is 30.7 Å². The second-order valence-electron chi connectivity index (χ2n) is 5.63. The minimum Gasteiger partial charge on any atom is -0.497 e. The Kier molecular flexibility index (Phi) is 7.55. The first-order valence-electron chi connectivity index (χ1n) is 8.60. The summed E-state index contributed by atoms with van der Waals surface area (Å²) >= 11 is 0. The number of hydrogen-bond acceptors (Lipinski definition) is 4. The average Bonchev–Trinajstić information content (AvgIpc) is 2.67. The van der Waals surface area contributed by atoms with E-state index in [4.69, 9.17) is 14.2 Å². The van der Waals surface area contributed by atoms with Crippen LogP contribution < -0.4 is 19.5 Å². The van der Waals surface area contributed by atoms with Crippen molar-refractivity contribution in [1.29, 1.82) is 0 Å². The molecule has 0 spiro atoms. The van der Waals surface area contributed by atoms with Crippen molar-refractivity contribution in [2.45, 2.75) is 19.8 Å². The predicted octanol–water partition coefficient (Wildman–Crippen LogP) is 4.53. The molecule has 138 valence electrons. The van der Waals surface area contributed by atoms with Crippen LogP contribution in [0.2, 0.25) is 0 Å². The fourth-order valence-corrected chi connectivity index (χ4v) is 2.32. The Labute approximate surface area is 154 Å². The van der Waals surface area contributed by atoms with E-state index >= 15 is 0 Å². The molecule has 0 atom stereocenters. The van der Waals surface area contributed by atoms with Crippen LogP contribution in [0, 0.1) is 0 Å². The first-order chi connectivity index (χ1) is 12.7. The lowest BCUT2D eigenvalue weighted by Gasteiger charge is -2.10. The smallest absolute Gasteiger partial charge is 0.248 e. The maximum absolute atomic E-state index is 12.3. The van der Waals surface area contributed by atoms with Gasteiger partial charge in [-0.3, -0.25) is 4.79 Å². The molecule has 0 aromatic heterocycles. The van der Waals surface area contributed by atoms with Crippen LogP contribution in [0.5, 0.6) is 17.2 Å². The maximum Gasteiger partial charge on any atom is 0.248 e. The zero-order valence-electron chi connectivity index (χ0n) is 15.5. The van der Waals surface area contributed by atoms with Gasteiger partial charge in [-0.15, -0.1) is 0 Å². The Morgan fingerprint density at radius 2 is 1.88 bits per heavy atom. The van der Waals surface area contributed by atoms with Crippen LogP contribution >= 0.6 is 0 Å². The van der Waals surface area contributed by atoms with Gasteiger partial charge in [0, 0.05) is 17.7 Å². The van der Waals surface area contributed by atoms with Crippen LogP contribution in [-0.4, -0.2) is 26.7 Å². The van der Waals surface area contributed by atoms with Crippen molar-refractivity contribution in [2.24, 2.45) is 0 Å². The number of amides is 1. The van der Waals surface area contributed by atoms with E-state index in [0.29, 0.717) is 23.8 Å². The SMILES string of the molecule is CCCCOc1ccccc1/C=C/C(=O)Nc1ccc(OC)cc1OC. The van der Waals surface area contributed by atoms with Crippen LogP contribution in [0.3, 0.4) is 0 Å². The normalized spacial score (nSPS) is 10.6. The Morgan fingerprint density at radius 3 is 2.62 bits per heavy atom. The summed E-state index contributed by atoms with van der Waals surface area (Å²) in [6.45, 7) is 2.78. The third kappa shape index (κ3) is 5.55. The Hall–Kier alpha value is -2.95. The van der Waals surface area contributed by atoms with Crippen LogP contribution in [0.15, 0.2) is 48.5 Å². The topological polar surface area (TPSA) is 56.8 Å². The molecule has 0 bridgehead atoms. The van der Waals surface area contributed by atoms with Crippen LogP contribution in [0.1, 0.15) is 25.3 Å². The number of anilines is 1.